The minimum Gasteiger partial charge on any atom is -0.444 e. The van der Waals surface area contributed by atoms with Crippen molar-refractivity contribution in [3.05, 3.63) is 17.8 Å². The van der Waals surface area contributed by atoms with E-state index in [1.54, 1.807) is 13.3 Å². The molecule has 1 aromatic heterocycles. The Labute approximate surface area is 103 Å². The van der Waals surface area contributed by atoms with Gasteiger partial charge in [0.25, 0.3) is 0 Å². The summed E-state index contributed by atoms with van der Waals surface area (Å²) in [5, 5.41) is 3.45. The third kappa shape index (κ3) is 4.85. The van der Waals surface area contributed by atoms with Crippen LogP contribution in [0.3, 0.4) is 0 Å². The lowest BCUT2D eigenvalue weighted by Gasteiger charge is -2.20. The van der Waals surface area contributed by atoms with E-state index in [-0.39, 0.29) is 12.1 Å². The van der Waals surface area contributed by atoms with Gasteiger partial charge in [-0.3, -0.25) is 0 Å². The topological polar surface area (TPSA) is 73.3 Å². The number of oxazole rings is 1. The smallest absolute Gasteiger partial charge is 0.211 e. The van der Waals surface area contributed by atoms with Crippen molar-refractivity contribution in [2.24, 2.45) is 5.73 Å². The first-order valence-electron chi connectivity index (χ1n) is 6.04. The number of hydrogen-bond donors (Lipinski definition) is 2. The predicted octanol–water partition coefficient (Wildman–Crippen LogP) is 1.39. The molecule has 0 aliphatic carbocycles. The highest BCUT2D eigenvalue weighted by Gasteiger charge is 2.16. The fourth-order valence-corrected chi connectivity index (χ4v) is 1.78. The van der Waals surface area contributed by atoms with Crippen LogP contribution in [-0.4, -0.2) is 31.3 Å². The van der Waals surface area contributed by atoms with E-state index in [4.69, 9.17) is 14.9 Å². The summed E-state index contributed by atoms with van der Waals surface area (Å²) in [6, 6.07) is 0.368. The van der Waals surface area contributed by atoms with Crippen LogP contribution in [0.2, 0.25) is 0 Å². The van der Waals surface area contributed by atoms with Gasteiger partial charge < -0.3 is 20.2 Å². The normalized spacial score (nSPS) is 14.8. The molecule has 1 heterocycles. The molecule has 0 aliphatic heterocycles. The average Bonchev–Trinajstić information content (AvgIpc) is 2.73. The van der Waals surface area contributed by atoms with Gasteiger partial charge >= 0.3 is 0 Å². The summed E-state index contributed by atoms with van der Waals surface area (Å²) in [6.07, 6.45) is 3.71. The van der Waals surface area contributed by atoms with Crippen molar-refractivity contribution in [2.45, 2.75) is 38.8 Å². The first kappa shape index (κ1) is 14.2. The highest BCUT2D eigenvalue weighted by molar-refractivity contribution is 4.95. The summed E-state index contributed by atoms with van der Waals surface area (Å²) < 4.78 is 10.7. The first-order chi connectivity index (χ1) is 8.17. The molecule has 0 saturated carbocycles. The van der Waals surface area contributed by atoms with Crippen LogP contribution in [0.25, 0.3) is 0 Å². The van der Waals surface area contributed by atoms with E-state index in [1.807, 2.05) is 13.8 Å². The van der Waals surface area contributed by atoms with Gasteiger partial charge in [0.2, 0.25) is 5.89 Å². The van der Waals surface area contributed by atoms with Crippen LogP contribution < -0.4 is 11.1 Å². The second-order valence-corrected chi connectivity index (χ2v) is 4.28. The van der Waals surface area contributed by atoms with Gasteiger partial charge in [0.15, 0.2) is 0 Å². The zero-order valence-corrected chi connectivity index (χ0v) is 10.9. The maximum absolute atomic E-state index is 5.52. The molecule has 0 spiro atoms. The summed E-state index contributed by atoms with van der Waals surface area (Å²) in [6.45, 7) is 5.30. The molecule has 17 heavy (non-hydrogen) atoms. The molecule has 3 N–H and O–H groups in total. The van der Waals surface area contributed by atoms with Gasteiger partial charge in [0.1, 0.15) is 5.76 Å². The average molecular weight is 241 g/mol. The number of methoxy groups -OCH3 is 1. The molecular formula is C12H23N3O2. The molecule has 5 nitrogen and oxygen atoms in total. The molecular weight excluding hydrogens is 218 g/mol. The molecule has 0 aliphatic rings. The fourth-order valence-electron chi connectivity index (χ4n) is 1.78. The van der Waals surface area contributed by atoms with Crippen LogP contribution in [0, 0.1) is 6.92 Å². The van der Waals surface area contributed by atoms with Crippen LogP contribution in [0.5, 0.6) is 0 Å². The number of aryl methyl sites for hydroxylation is 1. The fraction of sp³-hybridized carbons (Fsp3) is 0.750. The minimum absolute atomic E-state index is 0.0848. The second-order valence-electron chi connectivity index (χ2n) is 4.28. The Morgan fingerprint density at radius 1 is 1.59 bits per heavy atom. The number of aromatic nitrogens is 1. The molecule has 0 radical (unpaired) electrons. The third-order valence-electron chi connectivity index (χ3n) is 2.62. The van der Waals surface area contributed by atoms with Crippen molar-refractivity contribution >= 4 is 0 Å². The van der Waals surface area contributed by atoms with Crippen molar-refractivity contribution in [1.82, 2.24) is 10.3 Å². The van der Waals surface area contributed by atoms with E-state index in [0.717, 1.165) is 24.5 Å². The maximum atomic E-state index is 5.52. The number of nitrogens with two attached hydrogens (primary N) is 1. The lowest BCUT2D eigenvalue weighted by molar-refractivity contribution is 0.154. The number of hydrogen-bond acceptors (Lipinski definition) is 5. The lowest BCUT2D eigenvalue weighted by atomic mass is 10.1. The van der Waals surface area contributed by atoms with Gasteiger partial charge in [-0.15, -0.1) is 0 Å². The van der Waals surface area contributed by atoms with Crippen molar-refractivity contribution in [3.8, 4) is 0 Å². The Kier molecular flexibility index (Phi) is 6.18. The van der Waals surface area contributed by atoms with E-state index in [0.29, 0.717) is 13.2 Å². The lowest BCUT2D eigenvalue weighted by Crippen LogP contribution is -2.35. The molecule has 2 atom stereocenters. The van der Waals surface area contributed by atoms with Crippen LogP contribution in [0.15, 0.2) is 10.6 Å². The molecule has 1 aromatic rings. The SMILES string of the molecule is COCC(CCCN)NC(C)c1ncc(C)o1. The number of rotatable bonds is 8. The first-order valence-corrected chi connectivity index (χ1v) is 6.04. The van der Waals surface area contributed by atoms with E-state index in [1.165, 1.54) is 0 Å². The molecule has 98 valence electrons. The molecule has 0 bridgehead atoms. The highest BCUT2D eigenvalue weighted by atomic mass is 16.5. The van der Waals surface area contributed by atoms with Crippen LogP contribution >= 0.6 is 0 Å². The van der Waals surface area contributed by atoms with Crippen molar-refractivity contribution in [2.75, 3.05) is 20.3 Å². The Hall–Kier alpha value is -0.910. The quantitative estimate of drug-likeness (QED) is 0.719. The van der Waals surface area contributed by atoms with Gasteiger partial charge in [-0.05, 0) is 33.2 Å². The van der Waals surface area contributed by atoms with Crippen molar-refractivity contribution in [3.63, 3.8) is 0 Å². The van der Waals surface area contributed by atoms with Gasteiger partial charge in [0.05, 0.1) is 18.8 Å². The standard InChI is InChI=1S/C12H23N3O2/c1-9-7-14-12(17-9)10(2)15-11(8-16-3)5-4-6-13/h7,10-11,15H,4-6,8,13H2,1-3H3. The Balaban J connectivity index is 2.47. The Bertz CT molecular complexity index is 314. The van der Waals surface area contributed by atoms with Crippen LogP contribution in [0.1, 0.15) is 37.5 Å². The summed E-state index contributed by atoms with van der Waals surface area (Å²) >= 11 is 0. The highest BCUT2D eigenvalue weighted by Crippen LogP contribution is 2.13. The number of nitrogens with zero attached hydrogens (tertiary/aromatic N) is 1. The van der Waals surface area contributed by atoms with E-state index in [2.05, 4.69) is 10.3 Å². The summed E-state index contributed by atoms with van der Waals surface area (Å²) in [7, 11) is 1.71. The van der Waals surface area contributed by atoms with Crippen molar-refractivity contribution in [1.29, 1.82) is 0 Å². The Morgan fingerprint density at radius 2 is 2.35 bits per heavy atom. The van der Waals surface area contributed by atoms with Gasteiger partial charge in [0, 0.05) is 13.2 Å². The number of ether oxygens (including phenoxy) is 1. The summed E-state index contributed by atoms with van der Waals surface area (Å²) in [5.74, 6) is 1.55. The third-order valence-corrected chi connectivity index (χ3v) is 2.62. The summed E-state index contributed by atoms with van der Waals surface area (Å²) in [5.41, 5.74) is 5.52. The molecule has 0 amide bonds. The van der Waals surface area contributed by atoms with Crippen LogP contribution in [-0.2, 0) is 4.74 Å². The number of nitrogens with one attached hydrogen (secondary N) is 1. The Morgan fingerprint density at radius 3 is 2.88 bits per heavy atom. The van der Waals surface area contributed by atoms with E-state index >= 15 is 0 Å². The monoisotopic (exact) mass is 241 g/mol. The largest absolute Gasteiger partial charge is 0.444 e. The van der Waals surface area contributed by atoms with Crippen LogP contribution in [0.4, 0.5) is 0 Å². The van der Waals surface area contributed by atoms with Gasteiger partial charge in [-0.25, -0.2) is 4.98 Å². The van der Waals surface area contributed by atoms with Crippen molar-refractivity contribution < 1.29 is 9.15 Å². The molecule has 0 saturated heterocycles. The van der Waals surface area contributed by atoms with Gasteiger partial charge in [-0.1, -0.05) is 0 Å². The molecule has 5 heteroatoms. The molecule has 2 unspecified atom stereocenters. The van der Waals surface area contributed by atoms with Gasteiger partial charge in [-0.2, -0.15) is 0 Å². The molecule has 0 aromatic carbocycles. The van der Waals surface area contributed by atoms with E-state index < -0.39 is 0 Å². The molecule has 0 fully saturated rings. The second kappa shape index (κ2) is 7.42. The maximum Gasteiger partial charge on any atom is 0.211 e. The molecule has 1 rings (SSSR count). The summed E-state index contributed by atoms with van der Waals surface area (Å²) in [4.78, 5) is 4.21. The zero-order chi connectivity index (χ0) is 12.7. The van der Waals surface area contributed by atoms with E-state index in [9.17, 15) is 0 Å². The zero-order valence-electron chi connectivity index (χ0n) is 10.9. The minimum atomic E-state index is 0.0848. The predicted molar refractivity (Wildman–Crippen MR) is 66.7 cm³/mol.